The number of nitrogens with zero attached hydrogens (tertiary/aromatic N) is 2. The average molecular weight is 1070 g/mol. The van der Waals surface area contributed by atoms with Crippen LogP contribution < -0.4 is 9.80 Å². The van der Waals surface area contributed by atoms with Crippen LogP contribution >= 0.6 is 0 Å². The van der Waals surface area contributed by atoms with Gasteiger partial charge in [-0.25, -0.2) is 0 Å². The Morgan fingerprint density at radius 3 is 0.845 bits per heavy atom. The van der Waals surface area contributed by atoms with Gasteiger partial charge >= 0.3 is 0 Å². The molecule has 0 amide bonds. The van der Waals surface area contributed by atoms with Crippen LogP contribution in [0.3, 0.4) is 0 Å². The van der Waals surface area contributed by atoms with Crippen molar-refractivity contribution in [1.29, 1.82) is 0 Å². The van der Waals surface area contributed by atoms with Gasteiger partial charge in [-0.1, -0.05) is 231 Å². The molecule has 0 spiro atoms. The second kappa shape index (κ2) is 19.2. The summed E-state index contributed by atoms with van der Waals surface area (Å²) >= 11 is 0. The summed E-state index contributed by atoms with van der Waals surface area (Å²) in [5, 5.41) is 9.02. The van der Waals surface area contributed by atoms with Crippen molar-refractivity contribution in [3.8, 4) is 66.8 Å². The topological polar surface area (TPSA) is 32.8 Å². The van der Waals surface area contributed by atoms with Crippen molar-refractivity contribution in [1.82, 2.24) is 0 Å². The molecule has 0 atom stereocenters. The molecule has 1 aliphatic rings. The van der Waals surface area contributed by atoms with Gasteiger partial charge in [0.1, 0.15) is 11.2 Å². The van der Waals surface area contributed by atoms with Gasteiger partial charge in [-0.05, 0) is 161 Å². The van der Waals surface area contributed by atoms with Crippen LogP contribution in [0.5, 0.6) is 0 Å². The highest BCUT2D eigenvalue weighted by molar-refractivity contribution is 6.33. The van der Waals surface area contributed by atoms with Crippen molar-refractivity contribution in [3.63, 3.8) is 0 Å². The maximum absolute atomic E-state index is 6.84. The van der Waals surface area contributed by atoms with Crippen LogP contribution in [0.1, 0.15) is 0 Å². The summed E-state index contributed by atoms with van der Waals surface area (Å²) in [5.74, 6) is 0. The maximum Gasteiger partial charge on any atom is 0.159 e. The van der Waals surface area contributed by atoms with E-state index in [2.05, 4.69) is 301 Å². The summed E-state index contributed by atoms with van der Waals surface area (Å²) in [6.45, 7) is 0. The monoisotopic (exact) mass is 1070 g/mol. The Labute approximate surface area is 485 Å². The fraction of sp³-hybridized carbons (Fsp3) is 0. The Morgan fingerprint density at radius 1 is 0.190 bits per heavy atom. The molecule has 84 heavy (non-hydrogen) atoms. The quantitative estimate of drug-likeness (QED) is 0.137. The second-order valence-corrected chi connectivity index (χ2v) is 21.8. The minimum atomic E-state index is 0.842. The molecule has 17 rings (SSSR count). The summed E-state index contributed by atoms with van der Waals surface area (Å²) in [6, 6.07) is 110. The number of anilines is 6. The highest BCUT2D eigenvalue weighted by Gasteiger charge is 2.39. The normalized spacial score (nSPS) is 11.8. The molecule has 4 heteroatoms. The maximum atomic E-state index is 6.84. The third-order valence-electron chi connectivity index (χ3n) is 17.1. The first-order chi connectivity index (χ1) is 41.7. The van der Waals surface area contributed by atoms with Crippen molar-refractivity contribution in [3.05, 3.63) is 303 Å². The Balaban J connectivity index is 1.01. The number of para-hydroxylation sites is 6. The largest absolute Gasteiger partial charge is 0.454 e. The molecule has 0 unspecified atom stereocenters. The molecule has 0 radical (unpaired) electrons. The average Bonchev–Trinajstić information content (AvgIpc) is 0.855. The number of benzene rings is 14. The number of furan rings is 2. The smallest absolute Gasteiger partial charge is 0.159 e. The van der Waals surface area contributed by atoms with Crippen molar-refractivity contribution in [2.45, 2.75) is 0 Å². The first-order valence-corrected chi connectivity index (χ1v) is 28.7. The highest BCUT2D eigenvalue weighted by atomic mass is 16.3. The molecule has 0 bridgehead atoms. The van der Waals surface area contributed by atoms with E-state index in [1.54, 1.807) is 0 Å². The lowest BCUT2D eigenvalue weighted by atomic mass is 9.65. The van der Waals surface area contributed by atoms with E-state index in [0.29, 0.717) is 0 Å². The van der Waals surface area contributed by atoms with Crippen molar-refractivity contribution in [2.75, 3.05) is 9.80 Å². The van der Waals surface area contributed by atoms with Gasteiger partial charge in [-0.15, -0.1) is 0 Å². The van der Waals surface area contributed by atoms with Crippen molar-refractivity contribution in [2.24, 2.45) is 0 Å². The summed E-state index contributed by atoms with van der Waals surface area (Å²) in [7, 11) is 0. The molecule has 0 N–H and O–H groups in total. The molecule has 14 aromatic carbocycles. The lowest BCUT2D eigenvalue weighted by Crippen LogP contribution is -2.12. The fourth-order valence-corrected chi connectivity index (χ4v) is 13.6. The summed E-state index contributed by atoms with van der Waals surface area (Å²) in [4.78, 5) is 4.74. The fourth-order valence-electron chi connectivity index (χ4n) is 13.6. The molecule has 2 aromatic heterocycles. The lowest BCUT2D eigenvalue weighted by molar-refractivity contribution is 0.668. The zero-order chi connectivity index (χ0) is 55.2. The van der Waals surface area contributed by atoms with Gasteiger partial charge in [-0.2, -0.15) is 0 Å². The molecule has 0 saturated carbocycles. The zero-order valence-corrected chi connectivity index (χ0v) is 45.6. The predicted molar refractivity (Wildman–Crippen MR) is 352 cm³/mol. The van der Waals surface area contributed by atoms with Gasteiger partial charge < -0.3 is 18.6 Å². The zero-order valence-electron chi connectivity index (χ0n) is 45.6. The van der Waals surface area contributed by atoms with E-state index < -0.39 is 0 Å². The van der Waals surface area contributed by atoms with Crippen molar-refractivity contribution >= 4 is 99.5 Å². The standard InChI is InChI=1S/C80H50N2O2/c1-7-25-51(26-8-1)71-61-47-45-57(81(55-33-15-5-16-34-55)67-41-23-39-63-59-37-19-21-43-69(59)83-79(63)67)49-65(61)73(53-29-11-3-12-30-53)77-75(71)76-72(52-27-9-2-10-28-52)62-48-46-58(50-66(62)74(78(76)77)54-31-13-4-14-32-54)82(56-35-17-6-18-36-56)68-42-24-40-64-60-38-20-22-44-70(60)84-80(64)68/h1-50H. The Kier molecular flexibility index (Phi) is 10.9. The van der Waals surface area contributed by atoms with Crippen LogP contribution in [0.2, 0.25) is 0 Å². The van der Waals surface area contributed by atoms with E-state index in [-0.39, 0.29) is 0 Å². The van der Waals surface area contributed by atoms with Crippen molar-refractivity contribution < 1.29 is 8.83 Å². The second-order valence-electron chi connectivity index (χ2n) is 21.8. The summed E-state index contributed by atoms with van der Waals surface area (Å²) < 4.78 is 13.7. The van der Waals surface area contributed by atoms with Gasteiger partial charge in [0.15, 0.2) is 11.2 Å². The highest BCUT2D eigenvalue weighted by Crippen LogP contribution is 2.66. The van der Waals surface area contributed by atoms with E-state index in [1.807, 2.05) is 12.1 Å². The number of hydrogen-bond acceptors (Lipinski definition) is 4. The Hall–Kier alpha value is -11.2. The molecule has 392 valence electrons. The van der Waals surface area contributed by atoms with Gasteiger partial charge in [-0.3, -0.25) is 0 Å². The minimum Gasteiger partial charge on any atom is -0.454 e. The van der Waals surface area contributed by atoms with E-state index in [9.17, 15) is 0 Å². The molecule has 0 fully saturated rings. The molecule has 2 heterocycles. The molecule has 4 nitrogen and oxygen atoms in total. The summed E-state index contributed by atoms with van der Waals surface area (Å²) in [5.41, 5.74) is 23.9. The van der Waals surface area contributed by atoms with Crippen LogP contribution in [0.4, 0.5) is 34.1 Å². The number of fused-ring (bicyclic) bond motifs is 12. The first kappa shape index (κ1) is 47.6. The molecular formula is C80H50N2O2. The van der Waals surface area contributed by atoms with E-state index in [4.69, 9.17) is 8.83 Å². The van der Waals surface area contributed by atoms with Crippen LogP contribution in [0.25, 0.3) is 132 Å². The SMILES string of the molecule is c1ccc(-c2c3c(c(-c4ccccc4)c4cc(N(c5ccccc5)c5cccc6c5oc5ccccc56)ccc24)-c2c-3c(-c3ccccc3)c3ccc(N(c4ccccc4)c4cccc5c4oc4ccccc45)cc3c2-c2ccccc2)cc1. The van der Waals surface area contributed by atoms with Gasteiger partial charge in [0.05, 0.1) is 11.4 Å². The lowest BCUT2D eigenvalue weighted by Gasteiger charge is -2.37. The molecule has 16 aromatic rings. The summed E-state index contributed by atoms with van der Waals surface area (Å²) in [6.07, 6.45) is 0. The molecule has 0 saturated heterocycles. The molecule has 0 aliphatic heterocycles. The van der Waals surface area contributed by atoms with E-state index in [1.165, 1.54) is 55.3 Å². The van der Waals surface area contributed by atoms with E-state index in [0.717, 1.165) is 111 Å². The predicted octanol–water partition coefficient (Wildman–Crippen LogP) is 23.0. The van der Waals surface area contributed by atoms with Gasteiger partial charge in [0.2, 0.25) is 0 Å². The Morgan fingerprint density at radius 2 is 0.488 bits per heavy atom. The van der Waals surface area contributed by atoms with Crippen LogP contribution in [-0.4, -0.2) is 0 Å². The van der Waals surface area contributed by atoms with Gasteiger partial charge in [0, 0.05) is 44.3 Å². The van der Waals surface area contributed by atoms with Crippen LogP contribution in [0, 0.1) is 0 Å². The van der Waals surface area contributed by atoms with Gasteiger partial charge in [0.25, 0.3) is 0 Å². The molecule has 1 aliphatic carbocycles. The van der Waals surface area contributed by atoms with Crippen LogP contribution in [-0.2, 0) is 0 Å². The minimum absolute atomic E-state index is 0.842. The Bertz CT molecular complexity index is 4900. The first-order valence-electron chi connectivity index (χ1n) is 28.7. The molecular weight excluding hydrogens is 1020 g/mol. The van der Waals surface area contributed by atoms with E-state index >= 15 is 0 Å². The number of hydrogen-bond donors (Lipinski definition) is 0. The van der Waals surface area contributed by atoms with Crippen LogP contribution in [0.15, 0.2) is 312 Å². The third kappa shape index (κ3) is 7.34. The number of rotatable bonds is 10. The third-order valence-corrected chi connectivity index (χ3v) is 17.1.